The van der Waals surface area contributed by atoms with Crippen LogP contribution in [0.4, 0.5) is 0 Å². The molecule has 0 aliphatic carbocycles. The molecule has 0 radical (unpaired) electrons. The Morgan fingerprint density at radius 3 is 1.85 bits per heavy atom. The van der Waals surface area contributed by atoms with Crippen LogP contribution in [0.2, 0.25) is 0 Å². The molecule has 0 aliphatic rings. The number of hydrogen-bond donors (Lipinski definition) is 0. The van der Waals surface area contributed by atoms with E-state index in [1.807, 2.05) is 35.4 Å². The fourth-order valence-electron chi connectivity index (χ4n) is 5.79. The molecule has 8 rings (SSSR count). The predicted molar refractivity (Wildman–Crippen MR) is 155 cm³/mol. The summed E-state index contributed by atoms with van der Waals surface area (Å²) in [6.45, 7) is 2.11. The van der Waals surface area contributed by atoms with E-state index in [1.165, 1.54) is 32.6 Å². The van der Waals surface area contributed by atoms with E-state index in [0.717, 1.165) is 33.7 Å². The quantitative estimate of drug-likeness (QED) is 0.191. The Morgan fingerprint density at radius 1 is 0.538 bits per heavy atom. The molecule has 0 saturated heterocycles. The van der Waals surface area contributed by atoms with Gasteiger partial charge >= 0.3 is 0 Å². The summed E-state index contributed by atoms with van der Waals surface area (Å²) < 4.78 is 6.55. The third-order valence-corrected chi connectivity index (χ3v) is 7.47. The van der Waals surface area contributed by atoms with Crippen molar-refractivity contribution in [3.05, 3.63) is 127 Å². The zero-order valence-electron chi connectivity index (χ0n) is 21.1. The summed E-state index contributed by atoms with van der Waals surface area (Å²) >= 11 is 0. The van der Waals surface area contributed by atoms with Crippen molar-refractivity contribution in [1.82, 2.24) is 23.9 Å². The van der Waals surface area contributed by atoms with Gasteiger partial charge in [0.05, 0.1) is 27.8 Å². The maximum absolute atomic E-state index is 4.76. The first-order chi connectivity index (χ1) is 18.8. The topological polar surface area (TPSA) is 40.6 Å². The smallest absolute Gasteiger partial charge is 0.137 e. The van der Waals surface area contributed by atoms with Crippen LogP contribution in [0.1, 0.15) is 5.56 Å². The van der Waals surface area contributed by atoms with Crippen LogP contribution in [0.5, 0.6) is 0 Å². The SMILES string of the molecule is Cc1ccnc(-n2c3ccccc3c3ccc(-n4c5ccccc5c5ccc(-n6cccn6)cc54)cc32)c1.[Pt]. The van der Waals surface area contributed by atoms with Crippen molar-refractivity contribution in [2.24, 2.45) is 0 Å². The second-order valence-corrected chi connectivity index (χ2v) is 9.75. The summed E-state index contributed by atoms with van der Waals surface area (Å²) in [6.07, 6.45) is 5.68. The maximum Gasteiger partial charge on any atom is 0.137 e. The molecule has 0 saturated carbocycles. The largest absolute Gasteiger partial charge is 0.309 e. The molecule has 4 heterocycles. The Hall–Kier alpha value is -4.47. The molecule has 0 bridgehead atoms. The van der Waals surface area contributed by atoms with Crippen LogP contribution >= 0.6 is 0 Å². The second-order valence-electron chi connectivity index (χ2n) is 9.75. The van der Waals surface area contributed by atoms with Gasteiger partial charge in [0.15, 0.2) is 0 Å². The zero-order chi connectivity index (χ0) is 25.2. The number of fused-ring (bicyclic) bond motifs is 6. The van der Waals surface area contributed by atoms with E-state index in [4.69, 9.17) is 4.98 Å². The van der Waals surface area contributed by atoms with Gasteiger partial charge in [-0.05, 0) is 67.1 Å². The summed E-state index contributed by atoms with van der Waals surface area (Å²) in [7, 11) is 0. The molecule has 190 valence electrons. The molecule has 5 nitrogen and oxygen atoms in total. The van der Waals surface area contributed by atoms with Gasteiger partial charge in [-0.25, -0.2) is 9.67 Å². The molecular weight excluding hydrogens is 661 g/mol. The van der Waals surface area contributed by atoms with Crippen LogP contribution < -0.4 is 0 Å². The predicted octanol–water partition coefficient (Wildman–Crippen LogP) is 7.77. The molecule has 0 N–H and O–H groups in total. The van der Waals surface area contributed by atoms with E-state index in [2.05, 4.69) is 112 Å². The van der Waals surface area contributed by atoms with Gasteiger partial charge in [0, 0.05) is 66.9 Å². The fourth-order valence-corrected chi connectivity index (χ4v) is 5.79. The molecule has 0 aliphatic heterocycles. The summed E-state index contributed by atoms with van der Waals surface area (Å²) in [5.74, 6) is 0.927. The van der Waals surface area contributed by atoms with Crippen molar-refractivity contribution >= 4 is 43.6 Å². The Labute approximate surface area is 239 Å². The standard InChI is InChI=1S/C33H23N5.Pt/c1-22-15-17-34-33(19-22)38-30-10-5-3-8-26(30)28-14-12-24(21-32(28)38)37-29-9-4-2-7-25(29)27-13-11-23(20-31(27)37)36-18-6-16-35-36;/h2-21H,1H3;. The average molecular weight is 685 g/mol. The van der Waals surface area contributed by atoms with E-state index in [1.54, 1.807) is 0 Å². The molecule has 0 fully saturated rings. The number of nitrogens with zero attached hydrogens (tertiary/aromatic N) is 5. The van der Waals surface area contributed by atoms with Gasteiger partial charge in [-0.3, -0.25) is 4.57 Å². The zero-order valence-corrected chi connectivity index (χ0v) is 23.4. The molecular formula is C33H23N5Pt. The van der Waals surface area contributed by atoms with Crippen LogP contribution in [0.3, 0.4) is 0 Å². The number of rotatable bonds is 3. The number of benzene rings is 4. The van der Waals surface area contributed by atoms with Crippen LogP contribution in [0.15, 0.2) is 122 Å². The average Bonchev–Trinajstić information content (AvgIpc) is 3.67. The summed E-state index contributed by atoms with van der Waals surface area (Å²) in [5, 5.41) is 9.35. The number of pyridine rings is 1. The molecule has 6 heteroatoms. The molecule has 0 atom stereocenters. The van der Waals surface area contributed by atoms with Gasteiger partial charge in [0.2, 0.25) is 0 Å². The Kier molecular flexibility index (Phi) is 5.50. The van der Waals surface area contributed by atoms with Crippen molar-refractivity contribution in [3.63, 3.8) is 0 Å². The van der Waals surface area contributed by atoms with Crippen LogP contribution in [-0.2, 0) is 21.1 Å². The molecule has 0 unspecified atom stereocenters. The van der Waals surface area contributed by atoms with Gasteiger partial charge in [0.1, 0.15) is 5.82 Å². The van der Waals surface area contributed by atoms with E-state index >= 15 is 0 Å². The molecule has 0 spiro atoms. The fraction of sp³-hybridized carbons (Fsp3) is 0.0303. The van der Waals surface area contributed by atoms with Crippen molar-refractivity contribution in [2.45, 2.75) is 6.92 Å². The third-order valence-electron chi connectivity index (χ3n) is 7.47. The molecule has 39 heavy (non-hydrogen) atoms. The molecule has 4 aromatic carbocycles. The van der Waals surface area contributed by atoms with Crippen molar-refractivity contribution in [2.75, 3.05) is 0 Å². The molecule has 4 aromatic heterocycles. The molecule has 8 aromatic rings. The van der Waals surface area contributed by atoms with Gasteiger partial charge < -0.3 is 4.57 Å². The van der Waals surface area contributed by atoms with Crippen molar-refractivity contribution in [3.8, 4) is 17.2 Å². The minimum atomic E-state index is 0. The number of aryl methyl sites for hydroxylation is 1. The normalized spacial score (nSPS) is 11.5. The summed E-state index contributed by atoms with van der Waals surface area (Å²) in [5.41, 5.74) is 7.94. The molecule has 0 amide bonds. The Morgan fingerprint density at radius 2 is 1.15 bits per heavy atom. The number of hydrogen-bond acceptors (Lipinski definition) is 2. The second kappa shape index (κ2) is 9.07. The van der Waals surface area contributed by atoms with E-state index in [0.29, 0.717) is 0 Å². The van der Waals surface area contributed by atoms with Crippen LogP contribution in [0, 0.1) is 6.92 Å². The first kappa shape index (κ1) is 23.6. The third kappa shape index (κ3) is 3.58. The number of para-hydroxylation sites is 2. The van der Waals surface area contributed by atoms with Gasteiger partial charge in [-0.15, -0.1) is 0 Å². The first-order valence-corrected chi connectivity index (χ1v) is 12.8. The van der Waals surface area contributed by atoms with Crippen LogP contribution in [0.25, 0.3) is 60.8 Å². The summed E-state index contributed by atoms with van der Waals surface area (Å²) in [6, 6.07) is 36.7. The summed E-state index contributed by atoms with van der Waals surface area (Å²) in [4.78, 5) is 4.76. The van der Waals surface area contributed by atoms with E-state index < -0.39 is 0 Å². The Bertz CT molecular complexity index is 2150. The van der Waals surface area contributed by atoms with E-state index in [-0.39, 0.29) is 21.1 Å². The van der Waals surface area contributed by atoms with E-state index in [9.17, 15) is 0 Å². The van der Waals surface area contributed by atoms with Gasteiger partial charge in [-0.2, -0.15) is 5.10 Å². The first-order valence-electron chi connectivity index (χ1n) is 12.8. The monoisotopic (exact) mass is 684 g/mol. The minimum Gasteiger partial charge on any atom is -0.309 e. The van der Waals surface area contributed by atoms with Crippen molar-refractivity contribution in [1.29, 1.82) is 0 Å². The van der Waals surface area contributed by atoms with Gasteiger partial charge in [0.25, 0.3) is 0 Å². The Balaban J connectivity index is 0.00000253. The number of aromatic nitrogens is 5. The van der Waals surface area contributed by atoms with Crippen molar-refractivity contribution < 1.29 is 21.1 Å². The van der Waals surface area contributed by atoms with Gasteiger partial charge in [-0.1, -0.05) is 48.5 Å². The minimum absolute atomic E-state index is 0. The maximum atomic E-state index is 4.76. The van der Waals surface area contributed by atoms with Crippen LogP contribution in [-0.4, -0.2) is 23.9 Å².